The largest absolute Gasteiger partial charge is 0.338 e. The highest BCUT2D eigenvalue weighted by atomic mass is 16.2. The lowest BCUT2D eigenvalue weighted by Gasteiger charge is -2.24. The molecule has 0 N–H and O–H groups in total. The van der Waals surface area contributed by atoms with E-state index in [2.05, 4.69) is 30.0 Å². The van der Waals surface area contributed by atoms with E-state index < -0.39 is 0 Å². The van der Waals surface area contributed by atoms with Crippen molar-refractivity contribution in [3.63, 3.8) is 0 Å². The molecule has 1 aromatic carbocycles. The van der Waals surface area contributed by atoms with E-state index in [0.29, 0.717) is 23.0 Å². The highest BCUT2D eigenvalue weighted by molar-refractivity contribution is 5.78. The molecule has 7 nitrogen and oxygen atoms in total. The van der Waals surface area contributed by atoms with Gasteiger partial charge in [-0.25, -0.2) is 9.67 Å². The van der Waals surface area contributed by atoms with E-state index in [1.165, 1.54) is 17.1 Å². The fourth-order valence-electron chi connectivity index (χ4n) is 3.79. The first-order valence-corrected chi connectivity index (χ1v) is 10.1. The van der Waals surface area contributed by atoms with Gasteiger partial charge >= 0.3 is 0 Å². The number of aromatic nitrogens is 4. The molecule has 2 aromatic heterocycles. The Labute approximate surface area is 170 Å². The van der Waals surface area contributed by atoms with E-state index >= 15 is 0 Å². The van der Waals surface area contributed by atoms with Crippen LogP contribution in [0.3, 0.4) is 0 Å². The maximum Gasteiger partial charge on any atom is 0.264 e. The first-order valence-electron chi connectivity index (χ1n) is 10.1. The van der Waals surface area contributed by atoms with Gasteiger partial charge in [0.2, 0.25) is 5.91 Å². The van der Waals surface area contributed by atoms with Crippen LogP contribution in [0.4, 0.5) is 0 Å². The van der Waals surface area contributed by atoms with Crippen LogP contribution in [-0.2, 0) is 11.3 Å². The second kappa shape index (κ2) is 7.46. The van der Waals surface area contributed by atoms with E-state index in [9.17, 15) is 9.59 Å². The van der Waals surface area contributed by atoms with Crippen molar-refractivity contribution in [2.24, 2.45) is 5.92 Å². The summed E-state index contributed by atoms with van der Waals surface area (Å²) in [7, 11) is 0. The van der Waals surface area contributed by atoms with Crippen LogP contribution in [0.15, 0.2) is 35.5 Å². The number of aryl methyl sites for hydroxylation is 2. The molecule has 2 heterocycles. The van der Waals surface area contributed by atoms with Crippen molar-refractivity contribution >= 4 is 16.9 Å². The first kappa shape index (κ1) is 19.4. The highest BCUT2D eigenvalue weighted by Gasteiger charge is 2.32. The first-order chi connectivity index (χ1) is 13.8. The van der Waals surface area contributed by atoms with Crippen LogP contribution in [0.5, 0.6) is 0 Å². The molecule has 1 aliphatic rings. The molecule has 0 unspecified atom stereocenters. The topological polar surface area (TPSA) is 73.0 Å². The fourth-order valence-corrected chi connectivity index (χ4v) is 3.79. The Kier molecular flexibility index (Phi) is 4.98. The zero-order chi connectivity index (χ0) is 20.7. The molecular weight excluding hydrogens is 366 g/mol. The molecule has 0 radical (unpaired) electrons. The summed E-state index contributed by atoms with van der Waals surface area (Å²) in [6, 6.07) is 6.43. The van der Waals surface area contributed by atoms with E-state index in [1.54, 1.807) is 4.68 Å². The van der Waals surface area contributed by atoms with Gasteiger partial charge in [0.15, 0.2) is 5.65 Å². The predicted molar refractivity (Wildman–Crippen MR) is 112 cm³/mol. The number of benzene rings is 1. The Morgan fingerprint density at radius 2 is 1.90 bits per heavy atom. The van der Waals surface area contributed by atoms with Gasteiger partial charge in [-0.1, -0.05) is 19.9 Å². The van der Waals surface area contributed by atoms with Crippen molar-refractivity contribution in [3.8, 4) is 5.69 Å². The standard InChI is InChI=1S/C22H27N5O2/c1-14(2)11-26(17-5-6-17)20(28)12-25-13-23-21-19(22(25)29)10-24-27(21)18-8-15(3)7-16(4)9-18/h7-10,13-14,17H,5-6,11-12H2,1-4H3. The molecule has 0 atom stereocenters. The minimum absolute atomic E-state index is 0.0136. The van der Waals surface area contributed by atoms with Gasteiger partial charge in [0.05, 0.1) is 11.9 Å². The van der Waals surface area contributed by atoms with Crippen LogP contribution in [0.1, 0.15) is 37.8 Å². The number of nitrogens with zero attached hydrogens (tertiary/aromatic N) is 5. The van der Waals surface area contributed by atoms with Crippen molar-refractivity contribution in [3.05, 3.63) is 52.2 Å². The number of rotatable bonds is 6. The van der Waals surface area contributed by atoms with Crippen LogP contribution in [0, 0.1) is 19.8 Å². The molecule has 0 aliphatic heterocycles. The van der Waals surface area contributed by atoms with Crippen LogP contribution in [0.25, 0.3) is 16.7 Å². The molecular formula is C22H27N5O2. The second-order valence-corrected chi connectivity index (χ2v) is 8.49. The molecule has 0 spiro atoms. The zero-order valence-corrected chi connectivity index (χ0v) is 17.4. The van der Waals surface area contributed by atoms with Gasteiger partial charge in [0.1, 0.15) is 18.3 Å². The summed E-state index contributed by atoms with van der Waals surface area (Å²) < 4.78 is 3.08. The Morgan fingerprint density at radius 1 is 1.21 bits per heavy atom. The Hall–Kier alpha value is -2.96. The minimum atomic E-state index is -0.237. The van der Waals surface area contributed by atoms with Gasteiger partial charge in [-0.2, -0.15) is 5.10 Å². The molecule has 1 fully saturated rings. The number of hydrogen-bond donors (Lipinski definition) is 0. The monoisotopic (exact) mass is 393 g/mol. The van der Waals surface area contributed by atoms with E-state index in [0.717, 1.165) is 36.2 Å². The summed E-state index contributed by atoms with van der Waals surface area (Å²) in [5.41, 5.74) is 3.38. The summed E-state index contributed by atoms with van der Waals surface area (Å²) in [5, 5.41) is 4.80. The van der Waals surface area contributed by atoms with Crippen LogP contribution >= 0.6 is 0 Å². The van der Waals surface area contributed by atoms with Crippen molar-refractivity contribution in [2.45, 2.75) is 53.1 Å². The van der Waals surface area contributed by atoms with Crippen molar-refractivity contribution in [2.75, 3.05) is 6.54 Å². The number of carbonyl (C=O) groups is 1. The van der Waals surface area contributed by atoms with Crippen LogP contribution in [-0.4, -0.2) is 42.7 Å². The van der Waals surface area contributed by atoms with Crippen LogP contribution < -0.4 is 5.56 Å². The third-order valence-electron chi connectivity index (χ3n) is 5.18. The lowest BCUT2D eigenvalue weighted by atomic mass is 10.1. The van der Waals surface area contributed by atoms with E-state index in [-0.39, 0.29) is 18.0 Å². The van der Waals surface area contributed by atoms with Gasteiger partial charge in [0.25, 0.3) is 5.56 Å². The summed E-state index contributed by atoms with van der Waals surface area (Å²) in [6.07, 6.45) is 5.10. The third-order valence-corrected chi connectivity index (χ3v) is 5.18. The molecule has 0 bridgehead atoms. The van der Waals surface area contributed by atoms with Crippen molar-refractivity contribution < 1.29 is 4.79 Å². The normalized spacial score (nSPS) is 14.0. The van der Waals surface area contributed by atoms with Gasteiger partial charge in [-0.15, -0.1) is 0 Å². The Morgan fingerprint density at radius 3 is 2.52 bits per heavy atom. The van der Waals surface area contributed by atoms with Crippen LogP contribution in [0.2, 0.25) is 0 Å². The third kappa shape index (κ3) is 3.95. The van der Waals surface area contributed by atoms with Gasteiger partial charge < -0.3 is 4.90 Å². The van der Waals surface area contributed by atoms with Gasteiger partial charge in [-0.3, -0.25) is 14.2 Å². The number of hydrogen-bond acceptors (Lipinski definition) is 4. The average molecular weight is 393 g/mol. The number of fused-ring (bicyclic) bond motifs is 1. The fraction of sp³-hybridized carbons (Fsp3) is 0.455. The number of carbonyl (C=O) groups excluding carboxylic acids is 1. The molecule has 4 rings (SSSR count). The zero-order valence-electron chi connectivity index (χ0n) is 17.4. The quantitative estimate of drug-likeness (QED) is 0.646. The molecule has 1 saturated carbocycles. The second-order valence-electron chi connectivity index (χ2n) is 8.49. The van der Waals surface area contributed by atoms with E-state index in [1.807, 2.05) is 30.9 Å². The summed E-state index contributed by atoms with van der Waals surface area (Å²) in [5.74, 6) is 0.374. The number of amides is 1. The smallest absolute Gasteiger partial charge is 0.264 e. The highest BCUT2D eigenvalue weighted by Crippen LogP contribution is 2.28. The summed E-state index contributed by atoms with van der Waals surface area (Å²) in [6.45, 7) is 8.99. The van der Waals surface area contributed by atoms with Gasteiger partial charge in [-0.05, 0) is 55.9 Å². The molecule has 3 aromatic rings. The molecule has 0 saturated heterocycles. The van der Waals surface area contributed by atoms with Crippen molar-refractivity contribution in [1.82, 2.24) is 24.2 Å². The van der Waals surface area contributed by atoms with Crippen molar-refractivity contribution in [1.29, 1.82) is 0 Å². The van der Waals surface area contributed by atoms with Gasteiger partial charge in [0, 0.05) is 12.6 Å². The molecule has 1 amide bonds. The Balaban J connectivity index is 1.65. The maximum atomic E-state index is 13.0. The molecule has 152 valence electrons. The average Bonchev–Trinajstić information content (AvgIpc) is 3.39. The van der Waals surface area contributed by atoms with E-state index in [4.69, 9.17) is 0 Å². The SMILES string of the molecule is Cc1cc(C)cc(-n2ncc3c(=O)n(CC(=O)N(CC(C)C)C4CC4)cnc32)c1. The summed E-state index contributed by atoms with van der Waals surface area (Å²) >= 11 is 0. The predicted octanol–water partition coefficient (Wildman–Crippen LogP) is 2.85. The lowest BCUT2D eigenvalue weighted by molar-refractivity contribution is -0.133. The lowest BCUT2D eigenvalue weighted by Crippen LogP contribution is -2.40. The molecule has 29 heavy (non-hydrogen) atoms. The minimum Gasteiger partial charge on any atom is -0.338 e. The maximum absolute atomic E-state index is 13.0. The summed E-state index contributed by atoms with van der Waals surface area (Å²) in [4.78, 5) is 32.2. The Bertz CT molecular complexity index is 1100. The molecule has 7 heteroatoms. The molecule has 1 aliphatic carbocycles.